The summed E-state index contributed by atoms with van der Waals surface area (Å²) in [6, 6.07) is 5.96. The van der Waals surface area contributed by atoms with Gasteiger partial charge in [0.15, 0.2) is 11.5 Å². The smallest absolute Gasteiger partial charge is 0.490 e. The molecular formula is C27H24F9N3O6. The second-order valence-electron chi connectivity index (χ2n) is 8.65. The van der Waals surface area contributed by atoms with Crippen molar-refractivity contribution in [2.75, 3.05) is 21.3 Å². The third kappa shape index (κ3) is 10.1. The van der Waals surface area contributed by atoms with E-state index in [1.165, 1.54) is 21.3 Å². The molecule has 0 aliphatic heterocycles. The van der Waals surface area contributed by atoms with E-state index in [0.717, 1.165) is 30.5 Å². The minimum absolute atomic E-state index is 0.0369. The number of urea groups is 1. The first-order valence-electron chi connectivity index (χ1n) is 12.2. The second kappa shape index (κ2) is 14.7. The van der Waals surface area contributed by atoms with E-state index in [2.05, 4.69) is 15.6 Å². The fourth-order valence-corrected chi connectivity index (χ4v) is 3.66. The van der Waals surface area contributed by atoms with Gasteiger partial charge in [-0.1, -0.05) is 12.1 Å². The number of hydrogen-bond donors (Lipinski definition) is 3. The first kappa shape index (κ1) is 36.3. The summed E-state index contributed by atoms with van der Waals surface area (Å²) in [6.45, 7) is -0.101. The molecule has 9 nitrogen and oxygen atoms in total. The Morgan fingerprint density at radius 2 is 1.38 bits per heavy atom. The Hall–Kier alpha value is -4.90. The van der Waals surface area contributed by atoms with Crippen molar-refractivity contribution in [1.82, 2.24) is 15.6 Å². The molecule has 0 radical (unpaired) electrons. The zero-order valence-corrected chi connectivity index (χ0v) is 23.3. The van der Waals surface area contributed by atoms with Gasteiger partial charge in [0.05, 0.1) is 44.2 Å². The van der Waals surface area contributed by atoms with E-state index in [1.807, 2.05) is 0 Å². The van der Waals surface area contributed by atoms with Crippen LogP contribution < -0.4 is 24.8 Å². The van der Waals surface area contributed by atoms with Crippen molar-refractivity contribution < 1.29 is 68.4 Å². The van der Waals surface area contributed by atoms with Crippen molar-refractivity contribution in [3.05, 3.63) is 82.7 Å². The number of aliphatic carboxylic acids is 1. The van der Waals surface area contributed by atoms with Gasteiger partial charge in [0, 0.05) is 12.7 Å². The number of nitrogens with one attached hydrogen (secondary N) is 2. The molecule has 1 aromatic heterocycles. The molecule has 0 aliphatic rings. The van der Waals surface area contributed by atoms with Crippen molar-refractivity contribution in [2.24, 2.45) is 0 Å². The maximum Gasteiger partial charge on any atom is 0.490 e. The van der Waals surface area contributed by atoms with Gasteiger partial charge in [-0.05, 0) is 47.5 Å². The van der Waals surface area contributed by atoms with Crippen LogP contribution in [0.5, 0.6) is 17.2 Å². The zero-order chi connectivity index (χ0) is 34.2. The maximum absolute atomic E-state index is 13.7. The number of rotatable bonds is 8. The monoisotopic (exact) mass is 657 g/mol. The van der Waals surface area contributed by atoms with Gasteiger partial charge in [-0.15, -0.1) is 0 Å². The first-order chi connectivity index (χ1) is 20.8. The number of nitrogens with zero attached hydrogens (tertiary/aromatic N) is 1. The van der Waals surface area contributed by atoms with E-state index in [4.69, 9.17) is 24.1 Å². The molecule has 246 valence electrons. The molecule has 0 aliphatic carbocycles. The van der Waals surface area contributed by atoms with Crippen LogP contribution in [0.15, 0.2) is 54.7 Å². The number of ether oxygens (including phenoxy) is 3. The molecule has 3 aromatic rings. The van der Waals surface area contributed by atoms with Crippen LogP contribution in [0.25, 0.3) is 0 Å². The molecule has 0 fully saturated rings. The summed E-state index contributed by atoms with van der Waals surface area (Å²) in [6.07, 6.45) is -13.5. The summed E-state index contributed by atoms with van der Waals surface area (Å²) >= 11 is 0. The molecule has 1 atom stereocenters. The number of methoxy groups -OCH3 is 3. The fourth-order valence-electron chi connectivity index (χ4n) is 3.66. The van der Waals surface area contributed by atoms with E-state index < -0.39 is 53.4 Å². The van der Waals surface area contributed by atoms with Gasteiger partial charge in [-0.3, -0.25) is 4.98 Å². The Balaban J connectivity index is 0.000000900. The van der Waals surface area contributed by atoms with Crippen LogP contribution >= 0.6 is 0 Å². The normalized spacial score (nSPS) is 12.3. The summed E-state index contributed by atoms with van der Waals surface area (Å²) in [7, 11) is 4.22. The molecule has 0 saturated carbocycles. The molecule has 0 saturated heterocycles. The number of carboxylic acid groups (broad SMARTS) is 1. The highest BCUT2D eigenvalue weighted by Crippen LogP contribution is 2.39. The van der Waals surface area contributed by atoms with Crippen molar-refractivity contribution in [3.63, 3.8) is 0 Å². The highest BCUT2D eigenvalue weighted by molar-refractivity contribution is 5.75. The lowest BCUT2D eigenvalue weighted by atomic mass is 9.98. The number of carboxylic acids is 1. The van der Waals surface area contributed by atoms with Crippen LogP contribution in [0.2, 0.25) is 0 Å². The molecule has 3 rings (SSSR count). The molecule has 45 heavy (non-hydrogen) atoms. The Labute approximate surface area is 248 Å². The maximum atomic E-state index is 13.7. The summed E-state index contributed by atoms with van der Waals surface area (Å²) < 4.78 is 128. The Morgan fingerprint density at radius 3 is 1.80 bits per heavy atom. The van der Waals surface area contributed by atoms with Gasteiger partial charge in [-0.2, -0.15) is 39.5 Å². The number of pyridine rings is 1. The molecular weight excluding hydrogens is 633 g/mol. The first-order valence-corrected chi connectivity index (χ1v) is 12.2. The lowest BCUT2D eigenvalue weighted by Gasteiger charge is -2.23. The average Bonchev–Trinajstić information content (AvgIpc) is 2.97. The molecule has 2 aromatic carbocycles. The summed E-state index contributed by atoms with van der Waals surface area (Å²) in [5, 5.41) is 12.0. The average molecular weight is 657 g/mol. The molecule has 3 N–H and O–H groups in total. The van der Waals surface area contributed by atoms with E-state index in [-0.39, 0.29) is 12.1 Å². The highest BCUT2D eigenvalue weighted by Gasteiger charge is 2.39. The van der Waals surface area contributed by atoms with Crippen molar-refractivity contribution >= 4 is 12.0 Å². The number of benzene rings is 2. The van der Waals surface area contributed by atoms with Crippen molar-refractivity contribution in [3.8, 4) is 17.2 Å². The van der Waals surface area contributed by atoms with Gasteiger partial charge >= 0.3 is 30.5 Å². The molecule has 0 unspecified atom stereocenters. The van der Waals surface area contributed by atoms with Gasteiger partial charge in [0.25, 0.3) is 0 Å². The van der Waals surface area contributed by atoms with Crippen LogP contribution in [-0.2, 0) is 23.7 Å². The van der Waals surface area contributed by atoms with Crippen LogP contribution in [-0.4, -0.2) is 49.6 Å². The summed E-state index contributed by atoms with van der Waals surface area (Å²) in [4.78, 5) is 25.5. The summed E-state index contributed by atoms with van der Waals surface area (Å²) in [5.41, 5.74) is -2.25. The van der Waals surface area contributed by atoms with Gasteiger partial charge < -0.3 is 30.0 Å². The predicted molar refractivity (Wildman–Crippen MR) is 138 cm³/mol. The SMILES string of the molecule is COc1cc(CNC(=O)N[C@@H](c2ccc(C(F)(F)F)cc2)c2ncccc2C(F)(F)F)cc(OC)c1OC.O=C(O)C(F)(F)F. The number of hydrogen-bond acceptors (Lipinski definition) is 6. The quantitative estimate of drug-likeness (QED) is 0.241. The van der Waals surface area contributed by atoms with Gasteiger partial charge in [0.1, 0.15) is 0 Å². The van der Waals surface area contributed by atoms with Gasteiger partial charge in [-0.25, -0.2) is 9.59 Å². The highest BCUT2D eigenvalue weighted by atomic mass is 19.4. The number of aromatic nitrogens is 1. The minimum Gasteiger partial charge on any atom is -0.493 e. The number of carbonyl (C=O) groups is 2. The topological polar surface area (TPSA) is 119 Å². The lowest BCUT2D eigenvalue weighted by Crippen LogP contribution is -2.39. The Bertz CT molecular complexity index is 1440. The number of alkyl halides is 9. The summed E-state index contributed by atoms with van der Waals surface area (Å²) in [5.74, 6) is -1.81. The second-order valence-corrected chi connectivity index (χ2v) is 8.65. The standard InChI is InChI=1S/C25H23F6N3O4.C2HF3O2/c1-36-18-11-14(12-19(37-2)22(18)38-3)13-33-23(35)34-20(15-6-8-16(9-7-15)24(26,27)28)21-17(25(29,30)31)5-4-10-32-21;3-2(4,5)1(6)7/h4-12,20H,13H2,1-3H3,(H2,33,34,35);(H,6,7)/t20-;/m0./s1. The third-order valence-electron chi connectivity index (χ3n) is 5.68. The van der Waals surface area contributed by atoms with Gasteiger partial charge in [0.2, 0.25) is 5.75 Å². The number of amides is 2. The number of halogens is 9. The van der Waals surface area contributed by atoms with Crippen molar-refractivity contribution in [2.45, 2.75) is 31.1 Å². The van der Waals surface area contributed by atoms with E-state index >= 15 is 0 Å². The lowest BCUT2D eigenvalue weighted by molar-refractivity contribution is -0.192. The van der Waals surface area contributed by atoms with Crippen LogP contribution in [0, 0.1) is 0 Å². The molecule has 0 bridgehead atoms. The van der Waals surface area contributed by atoms with E-state index in [1.54, 1.807) is 12.1 Å². The Morgan fingerprint density at radius 1 is 0.844 bits per heavy atom. The predicted octanol–water partition coefficient (Wildman–Crippen LogP) is 6.37. The number of carbonyl (C=O) groups excluding carboxylic acids is 1. The Kier molecular flexibility index (Phi) is 11.9. The van der Waals surface area contributed by atoms with Crippen molar-refractivity contribution in [1.29, 1.82) is 0 Å². The minimum atomic E-state index is -5.08. The third-order valence-corrected chi connectivity index (χ3v) is 5.68. The molecule has 18 heteroatoms. The molecule has 0 spiro atoms. The van der Waals surface area contributed by atoms with E-state index in [9.17, 15) is 44.3 Å². The molecule has 2 amide bonds. The zero-order valence-electron chi connectivity index (χ0n) is 23.3. The fraction of sp³-hybridized carbons (Fsp3) is 0.296. The van der Waals surface area contributed by atoms with Crippen LogP contribution in [0.1, 0.15) is 34.0 Å². The molecule has 1 heterocycles. The van der Waals surface area contributed by atoms with E-state index in [0.29, 0.717) is 34.9 Å². The largest absolute Gasteiger partial charge is 0.493 e. The van der Waals surface area contributed by atoms with Crippen LogP contribution in [0.4, 0.5) is 44.3 Å². The van der Waals surface area contributed by atoms with Crippen LogP contribution in [0.3, 0.4) is 0 Å².